The minimum absolute atomic E-state index is 0.154. The van der Waals surface area contributed by atoms with Crippen molar-refractivity contribution in [2.75, 3.05) is 19.0 Å². The smallest absolute Gasteiger partial charge is 0.323 e. The van der Waals surface area contributed by atoms with Crippen LogP contribution in [0.5, 0.6) is 0 Å². The van der Waals surface area contributed by atoms with Crippen molar-refractivity contribution in [3.8, 4) is 17.2 Å². The topological polar surface area (TPSA) is 128 Å². The van der Waals surface area contributed by atoms with Crippen molar-refractivity contribution in [3.05, 3.63) is 111 Å². The summed E-state index contributed by atoms with van der Waals surface area (Å²) in [6.07, 6.45) is 9.56. The molecule has 1 atom stereocenters. The average molecular weight is 650 g/mol. The number of aliphatic hydroxyl groups is 1. The van der Waals surface area contributed by atoms with E-state index in [1.165, 1.54) is 13.3 Å². The number of amides is 1. The highest BCUT2D eigenvalue weighted by molar-refractivity contribution is 6.32. The standard InChI is InChI=1S/C37H36ClN5O4/c1-23-17-26(31(38)18-27(23)21-43-16-5-4-9-35(43)37(46)47-3)11-13-33-30(19-39)29(14-15-40-33)28-7-6-8-32(24(28)2)42-36(45)34-12-10-25(22-44)20-41-34/h6-8,10-15,17-18,20,35,44H,4-5,9,16,21-22H2,1-3H3,(H,42,45)/b13-11+/t35-/m0/s1. The summed E-state index contributed by atoms with van der Waals surface area (Å²) in [6.45, 7) is 5.17. The van der Waals surface area contributed by atoms with Gasteiger partial charge in [-0.2, -0.15) is 5.26 Å². The van der Waals surface area contributed by atoms with Gasteiger partial charge in [0.25, 0.3) is 5.91 Å². The van der Waals surface area contributed by atoms with Crippen molar-refractivity contribution in [3.63, 3.8) is 0 Å². The number of hydrogen-bond acceptors (Lipinski definition) is 8. The van der Waals surface area contributed by atoms with Gasteiger partial charge in [0.2, 0.25) is 0 Å². The van der Waals surface area contributed by atoms with Gasteiger partial charge >= 0.3 is 5.97 Å². The van der Waals surface area contributed by atoms with Gasteiger partial charge in [-0.3, -0.25) is 24.5 Å². The number of ether oxygens (including phenoxy) is 1. The third-order valence-electron chi connectivity index (χ3n) is 8.54. The molecule has 2 aromatic heterocycles. The molecular formula is C37H36ClN5O4. The van der Waals surface area contributed by atoms with Gasteiger partial charge in [-0.05, 0) is 97.0 Å². The molecule has 0 saturated carbocycles. The normalized spacial score (nSPS) is 14.9. The first-order valence-electron chi connectivity index (χ1n) is 15.4. The number of aryl methyl sites for hydroxylation is 1. The second-order valence-corrected chi connectivity index (χ2v) is 11.9. The Bertz CT molecular complexity index is 1870. The Kier molecular flexibility index (Phi) is 10.8. The molecule has 0 spiro atoms. The van der Waals surface area contributed by atoms with Crippen LogP contribution in [0.4, 0.5) is 5.69 Å². The fraction of sp³-hybridized carbons (Fsp3) is 0.270. The lowest BCUT2D eigenvalue weighted by Gasteiger charge is -2.34. The van der Waals surface area contributed by atoms with Gasteiger partial charge in [0.1, 0.15) is 17.8 Å². The number of carbonyl (C=O) groups excluding carboxylic acids is 2. The van der Waals surface area contributed by atoms with Crippen molar-refractivity contribution in [1.29, 1.82) is 5.26 Å². The summed E-state index contributed by atoms with van der Waals surface area (Å²) in [5.74, 6) is -0.587. The number of pyridine rings is 2. The van der Waals surface area contributed by atoms with Crippen molar-refractivity contribution >= 4 is 41.3 Å². The molecule has 0 bridgehead atoms. The van der Waals surface area contributed by atoms with Crippen LogP contribution in [0.25, 0.3) is 23.3 Å². The van der Waals surface area contributed by atoms with Gasteiger partial charge in [-0.15, -0.1) is 0 Å². The van der Waals surface area contributed by atoms with Gasteiger partial charge in [-0.25, -0.2) is 0 Å². The molecule has 9 nitrogen and oxygen atoms in total. The first-order valence-corrected chi connectivity index (χ1v) is 15.8. The Morgan fingerprint density at radius 3 is 2.68 bits per heavy atom. The van der Waals surface area contributed by atoms with Gasteiger partial charge < -0.3 is 15.2 Å². The molecule has 1 fully saturated rings. The van der Waals surface area contributed by atoms with Crippen LogP contribution in [0.2, 0.25) is 5.02 Å². The van der Waals surface area contributed by atoms with E-state index in [0.717, 1.165) is 53.6 Å². The minimum Gasteiger partial charge on any atom is -0.468 e. The third-order valence-corrected chi connectivity index (χ3v) is 8.87. The molecule has 1 saturated heterocycles. The first-order chi connectivity index (χ1) is 22.7. The minimum atomic E-state index is -0.383. The summed E-state index contributed by atoms with van der Waals surface area (Å²) >= 11 is 6.75. The molecule has 47 heavy (non-hydrogen) atoms. The second-order valence-electron chi connectivity index (χ2n) is 11.5. The summed E-state index contributed by atoms with van der Waals surface area (Å²) in [4.78, 5) is 36.0. The predicted octanol–water partition coefficient (Wildman–Crippen LogP) is 6.73. The second kappa shape index (κ2) is 15.1. The molecule has 1 aliphatic heterocycles. The molecule has 1 amide bonds. The van der Waals surface area contributed by atoms with E-state index in [9.17, 15) is 20.0 Å². The molecule has 2 aromatic carbocycles. The molecule has 3 heterocycles. The maximum atomic E-state index is 12.9. The molecule has 1 aliphatic rings. The molecule has 10 heteroatoms. The zero-order valence-electron chi connectivity index (χ0n) is 26.6. The lowest BCUT2D eigenvalue weighted by atomic mass is 9.94. The first kappa shape index (κ1) is 33.5. The van der Waals surface area contributed by atoms with Crippen LogP contribution in [-0.2, 0) is 22.7 Å². The number of aromatic nitrogens is 2. The number of hydrogen-bond donors (Lipinski definition) is 2. The van der Waals surface area contributed by atoms with E-state index in [-0.39, 0.29) is 30.2 Å². The Morgan fingerprint density at radius 2 is 1.96 bits per heavy atom. The van der Waals surface area contributed by atoms with Crippen LogP contribution >= 0.6 is 11.6 Å². The lowest BCUT2D eigenvalue weighted by molar-refractivity contribution is -0.148. The summed E-state index contributed by atoms with van der Waals surface area (Å²) in [6, 6.07) is 16.5. The molecule has 0 unspecified atom stereocenters. The van der Waals surface area contributed by atoms with Crippen molar-refractivity contribution in [2.24, 2.45) is 0 Å². The van der Waals surface area contributed by atoms with Crippen LogP contribution in [0.15, 0.2) is 60.9 Å². The van der Waals surface area contributed by atoms with Gasteiger partial charge in [0.15, 0.2) is 0 Å². The average Bonchev–Trinajstić information content (AvgIpc) is 3.09. The summed E-state index contributed by atoms with van der Waals surface area (Å²) in [7, 11) is 1.43. The van der Waals surface area contributed by atoms with Gasteiger partial charge in [0.05, 0.1) is 25.0 Å². The fourth-order valence-electron chi connectivity index (χ4n) is 5.86. The van der Waals surface area contributed by atoms with E-state index < -0.39 is 0 Å². The van der Waals surface area contributed by atoms with E-state index in [4.69, 9.17) is 16.3 Å². The molecule has 2 N–H and O–H groups in total. The van der Waals surface area contributed by atoms with Crippen molar-refractivity contribution in [2.45, 2.75) is 52.3 Å². The number of rotatable bonds is 9. The summed E-state index contributed by atoms with van der Waals surface area (Å²) in [5, 5.41) is 23.0. The molecular weight excluding hydrogens is 614 g/mol. The predicted molar refractivity (Wildman–Crippen MR) is 182 cm³/mol. The number of esters is 1. The highest BCUT2D eigenvalue weighted by Crippen LogP contribution is 2.33. The van der Waals surface area contributed by atoms with Crippen LogP contribution in [0.1, 0.15) is 68.8 Å². The molecule has 5 rings (SSSR count). The van der Waals surface area contributed by atoms with Crippen LogP contribution in [0.3, 0.4) is 0 Å². The number of methoxy groups -OCH3 is 1. The number of benzene rings is 2. The van der Waals surface area contributed by atoms with E-state index in [1.54, 1.807) is 36.5 Å². The van der Waals surface area contributed by atoms with Crippen molar-refractivity contribution in [1.82, 2.24) is 14.9 Å². The third kappa shape index (κ3) is 7.58. The molecule has 4 aromatic rings. The number of halogens is 1. The highest BCUT2D eigenvalue weighted by Gasteiger charge is 2.29. The Balaban J connectivity index is 1.38. The zero-order valence-corrected chi connectivity index (χ0v) is 27.3. The van der Waals surface area contributed by atoms with Crippen LogP contribution < -0.4 is 5.32 Å². The number of aliphatic hydroxyl groups excluding tert-OH is 1. The van der Waals surface area contributed by atoms with E-state index >= 15 is 0 Å². The van der Waals surface area contributed by atoms with Crippen molar-refractivity contribution < 1.29 is 19.4 Å². The number of piperidine rings is 1. The van der Waals surface area contributed by atoms with Crippen LogP contribution in [-0.4, -0.2) is 51.5 Å². The van der Waals surface area contributed by atoms with Gasteiger partial charge in [0, 0.05) is 35.2 Å². The number of nitrogens with zero attached hydrogens (tertiary/aromatic N) is 4. The summed E-state index contributed by atoms with van der Waals surface area (Å²) < 4.78 is 5.04. The van der Waals surface area contributed by atoms with E-state index in [1.807, 2.05) is 44.2 Å². The monoisotopic (exact) mass is 649 g/mol. The summed E-state index contributed by atoms with van der Waals surface area (Å²) in [5.41, 5.74) is 7.41. The molecule has 0 aliphatic carbocycles. The number of nitrogens with one attached hydrogen (secondary N) is 1. The fourth-order valence-corrected chi connectivity index (χ4v) is 6.11. The molecule has 240 valence electrons. The Labute approximate surface area is 279 Å². The maximum absolute atomic E-state index is 12.9. The van der Waals surface area contributed by atoms with Gasteiger partial charge in [-0.1, -0.05) is 48.4 Å². The number of nitriles is 1. The molecule has 0 radical (unpaired) electrons. The SMILES string of the molecule is COC(=O)[C@@H]1CCCCN1Cc1cc(Cl)c(/C=C/c2nccc(-c3cccc(NC(=O)c4ccc(CO)cn4)c3C)c2C#N)cc1C. The quantitative estimate of drug-likeness (QED) is 0.191. The maximum Gasteiger partial charge on any atom is 0.323 e. The van der Waals surface area contributed by atoms with E-state index in [0.29, 0.717) is 39.6 Å². The zero-order chi connectivity index (χ0) is 33.5. The number of carbonyl (C=O) groups is 2. The largest absolute Gasteiger partial charge is 0.468 e. The number of likely N-dealkylation sites (tertiary alicyclic amines) is 1. The van der Waals surface area contributed by atoms with Crippen LogP contribution in [0, 0.1) is 25.2 Å². The van der Waals surface area contributed by atoms with E-state index in [2.05, 4.69) is 26.3 Å². The lowest BCUT2D eigenvalue weighted by Crippen LogP contribution is -2.44. The Hall–Kier alpha value is -4.88. The highest BCUT2D eigenvalue weighted by atomic mass is 35.5. The Morgan fingerprint density at radius 1 is 1.13 bits per heavy atom. The number of anilines is 1.